The molecule has 1 fully saturated rings. The summed E-state index contributed by atoms with van der Waals surface area (Å²) in [4.78, 5) is 20.0. The van der Waals surface area contributed by atoms with Crippen LogP contribution in [-0.2, 0) is 6.54 Å². The zero-order valence-corrected chi connectivity index (χ0v) is 15.4. The molecule has 1 N–H and O–H groups in total. The molecule has 4 rings (SSSR count). The predicted molar refractivity (Wildman–Crippen MR) is 107 cm³/mol. The van der Waals surface area contributed by atoms with Crippen molar-refractivity contribution < 1.29 is 9.53 Å². The molecule has 2 heterocycles. The molecule has 0 unspecified atom stereocenters. The molecule has 2 aromatic carbocycles. The lowest BCUT2D eigenvalue weighted by molar-refractivity contribution is 0.0951. The van der Waals surface area contributed by atoms with Crippen molar-refractivity contribution in [3.63, 3.8) is 0 Å². The first-order chi connectivity index (χ1) is 13.2. The number of pyridine rings is 1. The molecule has 1 amide bonds. The number of anilines is 1. The molecular weight excluding hydrogens is 338 g/mol. The van der Waals surface area contributed by atoms with Gasteiger partial charge in [0.15, 0.2) is 0 Å². The summed E-state index contributed by atoms with van der Waals surface area (Å²) in [5.41, 5.74) is 2.56. The van der Waals surface area contributed by atoms with Gasteiger partial charge in [-0.15, -0.1) is 0 Å². The van der Waals surface area contributed by atoms with Gasteiger partial charge in [-0.25, -0.2) is 4.98 Å². The van der Waals surface area contributed by atoms with Crippen molar-refractivity contribution in [1.82, 2.24) is 10.3 Å². The average Bonchev–Trinajstić information content (AvgIpc) is 3.26. The Bertz CT molecular complexity index is 965. The second-order valence-electron chi connectivity index (χ2n) is 6.78. The molecule has 5 heteroatoms. The third kappa shape index (κ3) is 3.72. The number of carbonyl (C=O) groups is 1. The molecule has 1 aliphatic heterocycles. The Kier molecular flexibility index (Phi) is 4.92. The number of aromatic nitrogens is 1. The number of fused-ring (bicyclic) bond motifs is 1. The molecule has 3 aromatic rings. The van der Waals surface area contributed by atoms with Crippen molar-refractivity contribution in [3.8, 4) is 5.75 Å². The van der Waals surface area contributed by atoms with Gasteiger partial charge in [-0.1, -0.05) is 30.3 Å². The van der Waals surface area contributed by atoms with E-state index in [4.69, 9.17) is 9.72 Å². The monoisotopic (exact) mass is 361 g/mol. The summed E-state index contributed by atoms with van der Waals surface area (Å²) in [7, 11) is 1.64. The van der Waals surface area contributed by atoms with Crippen LogP contribution in [0, 0.1) is 0 Å². The van der Waals surface area contributed by atoms with Gasteiger partial charge in [-0.3, -0.25) is 4.79 Å². The highest BCUT2D eigenvalue weighted by Crippen LogP contribution is 2.26. The third-order valence-electron chi connectivity index (χ3n) is 4.94. The van der Waals surface area contributed by atoms with Crippen LogP contribution in [0.2, 0.25) is 0 Å². The smallest absolute Gasteiger partial charge is 0.255 e. The van der Waals surface area contributed by atoms with Gasteiger partial charge in [0.1, 0.15) is 11.6 Å². The van der Waals surface area contributed by atoms with E-state index in [9.17, 15) is 4.79 Å². The van der Waals surface area contributed by atoms with E-state index < -0.39 is 0 Å². The number of rotatable bonds is 5. The van der Waals surface area contributed by atoms with Crippen molar-refractivity contribution in [2.75, 3.05) is 25.1 Å². The van der Waals surface area contributed by atoms with E-state index in [0.29, 0.717) is 12.1 Å². The normalized spacial score (nSPS) is 13.7. The van der Waals surface area contributed by atoms with Crippen LogP contribution in [0.1, 0.15) is 28.8 Å². The van der Waals surface area contributed by atoms with E-state index in [1.807, 2.05) is 54.6 Å². The van der Waals surface area contributed by atoms with Crippen LogP contribution in [-0.4, -0.2) is 31.1 Å². The molecule has 0 radical (unpaired) electrons. The molecule has 0 bridgehead atoms. The fourth-order valence-corrected chi connectivity index (χ4v) is 3.50. The number of nitrogens with one attached hydrogen (secondary N) is 1. The van der Waals surface area contributed by atoms with Gasteiger partial charge in [0.2, 0.25) is 0 Å². The lowest BCUT2D eigenvalue weighted by Gasteiger charge is -2.20. The van der Waals surface area contributed by atoms with Gasteiger partial charge in [-0.05, 0) is 42.7 Å². The van der Waals surface area contributed by atoms with Crippen LogP contribution in [0.3, 0.4) is 0 Å². The van der Waals surface area contributed by atoms with Crippen LogP contribution >= 0.6 is 0 Å². The minimum Gasteiger partial charge on any atom is -0.497 e. The maximum atomic E-state index is 13.0. The highest BCUT2D eigenvalue weighted by Gasteiger charge is 2.22. The lowest BCUT2D eigenvalue weighted by atomic mass is 10.1. The Morgan fingerprint density at radius 2 is 1.93 bits per heavy atom. The lowest BCUT2D eigenvalue weighted by Crippen LogP contribution is -2.28. The standard InChI is InChI=1S/C22H23N3O2/c1-27-18-9-6-7-16(13-18)15-23-22(26)19-14-17-8-2-3-10-20(17)24-21(19)25-11-4-5-12-25/h2-3,6-10,13-14H,4-5,11-12,15H2,1H3,(H,23,26). The summed E-state index contributed by atoms with van der Waals surface area (Å²) >= 11 is 0. The van der Waals surface area contributed by atoms with Gasteiger partial charge in [0, 0.05) is 25.0 Å². The number of benzene rings is 2. The first kappa shape index (κ1) is 17.3. The van der Waals surface area contributed by atoms with Gasteiger partial charge >= 0.3 is 0 Å². The van der Waals surface area contributed by atoms with Crippen LogP contribution in [0.25, 0.3) is 10.9 Å². The van der Waals surface area contributed by atoms with Crippen molar-refractivity contribution in [3.05, 3.63) is 65.7 Å². The zero-order valence-electron chi connectivity index (χ0n) is 15.4. The molecule has 0 atom stereocenters. The Morgan fingerprint density at radius 1 is 1.11 bits per heavy atom. The summed E-state index contributed by atoms with van der Waals surface area (Å²) in [5.74, 6) is 1.47. The van der Waals surface area contributed by atoms with E-state index in [2.05, 4.69) is 10.2 Å². The van der Waals surface area contributed by atoms with E-state index >= 15 is 0 Å². The highest BCUT2D eigenvalue weighted by molar-refractivity contribution is 6.02. The number of amides is 1. The summed E-state index contributed by atoms with van der Waals surface area (Å²) in [6.45, 7) is 2.34. The third-order valence-corrected chi connectivity index (χ3v) is 4.94. The second-order valence-corrected chi connectivity index (χ2v) is 6.78. The second kappa shape index (κ2) is 7.66. The molecule has 0 saturated carbocycles. The number of methoxy groups -OCH3 is 1. The fourth-order valence-electron chi connectivity index (χ4n) is 3.50. The summed E-state index contributed by atoms with van der Waals surface area (Å²) in [6.07, 6.45) is 2.28. The maximum Gasteiger partial charge on any atom is 0.255 e. The Balaban J connectivity index is 1.62. The molecule has 138 valence electrons. The van der Waals surface area contributed by atoms with E-state index in [1.54, 1.807) is 7.11 Å². The molecular formula is C22H23N3O2. The molecule has 1 saturated heterocycles. The quantitative estimate of drug-likeness (QED) is 0.751. The first-order valence-corrected chi connectivity index (χ1v) is 9.30. The molecule has 0 spiro atoms. The van der Waals surface area contributed by atoms with Crippen molar-refractivity contribution in [2.24, 2.45) is 0 Å². The molecule has 27 heavy (non-hydrogen) atoms. The van der Waals surface area contributed by atoms with Crippen molar-refractivity contribution in [2.45, 2.75) is 19.4 Å². The number of carbonyl (C=O) groups excluding carboxylic acids is 1. The molecule has 5 nitrogen and oxygen atoms in total. The van der Waals surface area contributed by atoms with Crippen LogP contribution in [0.15, 0.2) is 54.6 Å². The maximum absolute atomic E-state index is 13.0. The molecule has 0 aliphatic carbocycles. The summed E-state index contributed by atoms with van der Waals surface area (Å²) < 4.78 is 5.25. The average molecular weight is 361 g/mol. The highest BCUT2D eigenvalue weighted by atomic mass is 16.5. The SMILES string of the molecule is COc1cccc(CNC(=O)c2cc3ccccc3nc2N2CCCC2)c1. The Labute approximate surface area is 159 Å². The predicted octanol–water partition coefficient (Wildman–Crippen LogP) is 3.77. The Hall–Kier alpha value is -3.08. The largest absolute Gasteiger partial charge is 0.497 e. The number of para-hydroxylation sites is 1. The number of hydrogen-bond acceptors (Lipinski definition) is 4. The van der Waals surface area contributed by atoms with E-state index in [1.165, 1.54) is 0 Å². The van der Waals surface area contributed by atoms with Crippen molar-refractivity contribution >= 4 is 22.6 Å². The number of nitrogens with zero attached hydrogens (tertiary/aromatic N) is 2. The van der Waals surface area contributed by atoms with Crippen LogP contribution < -0.4 is 15.0 Å². The minimum atomic E-state index is -0.0991. The van der Waals surface area contributed by atoms with Gasteiger partial charge < -0.3 is 15.0 Å². The first-order valence-electron chi connectivity index (χ1n) is 9.30. The van der Waals surface area contributed by atoms with Gasteiger partial charge in [0.05, 0.1) is 18.2 Å². The van der Waals surface area contributed by atoms with Crippen LogP contribution in [0.4, 0.5) is 5.82 Å². The number of hydrogen-bond donors (Lipinski definition) is 1. The summed E-state index contributed by atoms with van der Waals surface area (Å²) in [6, 6.07) is 17.6. The minimum absolute atomic E-state index is 0.0991. The van der Waals surface area contributed by atoms with E-state index in [0.717, 1.165) is 54.0 Å². The topological polar surface area (TPSA) is 54.5 Å². The van der Waals surface area contributed by atoms with Gasteiger partial charge in [-0.2, -0.15) is 0 Å². The Morgan fingerprint density at radius 3 is 2.74 bits per heavy atom. The fraction of sp³-hybridized carbons (Fsp3) is 0.273. The van der Waals surface area contributed by atoms with E-state index in [-0.39, 0.29) is 5.91 Å². The van der Waals surface area contributed by atoms with Crippen molar-refractivity contribution in [1.29, 1.82) is 0 Å². The zero-order chi connectivity index (χ0) is 18.6. The summed E-state index contributed by atoms with van der Waals surface area (Å²) in [5, 5.41) is 4.01. The molecule has 1 aromatic heterocycles. The molecule has 1 aliphatic rings. The van der Waals surface area contributed by atoms with Gasteiger partial charge in [0.25, 0.3) is 5.91 Å². The van der Waals surface area contributed by atoms with Crippen LogP contribution in [0.5, 0.6) is 5.75 Å². The number of ether oxygens (including phenoxy) is 1.